The van der Waals surface area contributed by atoms with Gasteiger partial charge in [-0.3, -0.25) is 10.1 Å². The highest BCUT2D eigenvalue weighted by molar-refractivity contribution is 7.99. The number of benzene rings is 1. The molecule has 1 unspecified atom stereocenters. The van der Waals surface area contributed by atoms with E-state index in [1.807, 2.05) is 0 Å². The van der Waals surface area contributed by atoms with E-state index in [1.165, 1.54) is 18.2 Å². The zero-order chi connectivity index (χ0) is 13.1. The fraction of sp³-hybridized carbons (Fsp3) is 0.273. The number of anilines is 1. The summed E-state index contributed by atoms with van der Waals surface area (Å²) >= 11 is 7.47. The minimum absolute atomic E-state index is 0.0178. The monoisotopic (exact) mass is 286 g/mol. The lowest BCUT2D eigenvalue weighted by molar-refractivity contribution is -0.117. The zero-order valence-electron chi connectivity index (χ0n) is 9.27. The Kier molecular flexibility index (Phi) is 4.11. The fourth-order valence-corrected chi connectivity index (χ4v) is 2.76. The Labute approximate surface area is 113 Å². The molecule has 0 saturated carbocycles. The highest BCUT2D eigenvalue weighted by Gasteiger charge is 2.22. The maximum absolute atomic E-state index is 11.8. The fourth-order valence-electron chi connectivity index (χ4n) is 1.56. The Morgan fingerprint density at radius 3 is 2.83 bits per heavy atom. The molecule has 1 aromatic rings. The number of carboxylic acids is 1. The molecule has 0 aliphatic carbocycles. The summed E-state index contributed by atoms with van der Waals surface area (Å²) < 4.78 is 0. The van der Waals surface area contributed by atoms with Crippen LogP contribution >= 0.6 is 23.4 Å². The van der Waals surface area contributed by atoms with Crippen LogP contribution in [0.2, 0.25) is 5.02 Å². The number of rotatable bonds is 3. The molecule has 3 N–H and O–H groups in total. The molecule has 0 aromatic heterocycles. The number of thioether (sulfide) groups is 1. The molecule has 5 nitrogen and oxygen atoms in total. The Morgan fingerprint density at radius 1 is 1.50 bits per heavy atom. The van der Waals surface area contributed by atoms with Gasteiger partial charge in [-0.1, -0.05) is 11.6 Å². The molecule has 1 saturated heterocycles. The third kappa shape index (κ3) is 2.95. The molecule has 1 aliphatic rings. The first-order chi connectivity index (χ1) is 8.58. The number of aromatic carboxylic acids is 1. The van der Waals surface area contributed by atoms with E-state index in [9.17, 15) is 9.59 Å². The van der Waals surface area contributed by atoms with Crippen LogP contribution in [-0.2, 0) is 4.79 Å². The highest BCUT2D eigenvalue weighted by atomic mass is 35.5. The van der Waals surface area contributed by atoms with E-state index >= 15 is 0 Å². The SMILES string of the molecule is O=C(O)c1ccc(NC(=O)C2CSCN2)cc1Cl. The van der Waals surface area contributed by atoms with Gasteiger partial charge < -0.3 is 10.4 Å². The molecule has 1 aliphatic heterocycles. The number of carbonyl (C=O) groups excluding carboxylic acids is 1. The van der Waals surface area contributed by atoms with Crippen molar-refractivity contribution in [1.82, 2.24) is 5.32 Å². The molecule has 0 spiro atoms. The molecule has 1 aromatic carbocycles. The average molecular weight is 287 g/mol. The van der Waals surface area contributed by atoms with Gasteiger partial charge in [0.05, 0.1) is 16.6 Å². The number of carboxylic acid groups (broad SMARTS) is 1. The minimum Gasteiger partial charge on any atom is -0.478 e. The van der Waals surface area contributed by atoms with Crippen LogP contribution in [0.25, 0.3) is 0 Å². The Balaban J connectivity index is 2.07. The molecule has 18 heavy (non-hydrogen) atoms. The van der Waals surface area contributed by atoms with Gasteiger partial charge in [-0.15, -0.1) is 11.8 Å². The van der Waals surface area contributed by atoms with Crippen LogP contribution in [0.3, 0.4) is 0 Å². The first-order valence-corrected chi connectivity index (χ1v) is 6.76. The molecule has 1 heterocycles. The molecule has 7 heteroatoms. The van der Waals surface area contributed by atoms with Crippen LogP contribution in [0, 0.1) is 0 Å². The molecule has 2 rings (SSSR count). The van der Waals surface area contributed by atoms with Gasteiger partial charge in [0.2, 0.25) is 5.91 Å². The topological polar surface area (TPSA) is 78.4 Å². The molecular weight excluding hydrogens is 276 g/mol. The number of halogens is 1. The van der Waals surface area contributed by atoms with Crippen LogP contribution in [0.5, 0.6) is 0 Å². The van der Waals surface area contributed by atoms with E-state index in [0.29, 0.717) is 5.69 Å². The number of hydrogen-bond donors (Lipinski definition) is 3. The lowest BCUT2D eigenvalue weighted by Gasteiger charge is -2.11. The van der Waals surface area contributed by atoms with Gasteiger partial charge in [0, 0.05) is 17.3 Å². The van der Waals surface area contributed by atoms with E-state index in [1.54, 1.807) is 11.8 Å². The van der Waals surface area contributed by atoms with Gasteiger partial charge in [-0.05, 0) is 18.2 Å². The second kappa shape index (κ2) is 5.60. The molecule has 0 radical (unpaired) electrons. The molecule has 1 fully saturated rings. The summed E-state index contributed by atoms with van der Waals surface area (Å²) in [6, 6.07) is 4.12. The summed E-state index contributed by atoms with van der Waals surface area (Å²) in [5.74, 6) is 0.259. The van der Waals surface area contributed by atoms with Crippen molar-refractivity contribution in [2.45, 2.75) is 6.04 Å². The maximum Gasteiger partial charge on any atom is 0.337 e. The largest absolute Gasteiger partial charge is 0.478 e. The van der Waals surface area contributed by atoms with E-state index in [2.05, 4.69) is 10.6 Å². The van der Waals surface area contributed by atoms with Crippen molar-refractivity contribution >= 4 is 40.9 Å². The number of amides is 1. The summed E-state index contributed by atoms with van der Waals surface area (Å²) in [4.78, 5) is 22.6. The van der Waals surface area contributed by atoms with Gasteiger partial charge >= 0.3 is 5.97 Å². The predicted molar refractivity (Wildman–Crippen MR) is 71.3 cm³/mol. The van der Waals surface area contributed by atoms with Crippen LogP contribution < -0.4 is 10.6 Å². The van der Waals surface area contributed by atoms with Gasteiger partial charge in [-0.25, -0.2) is 4.79 Å². The molecule has 0 bridgehead atoms. The number of hydrogen-bond acceptors (Lipinski definition) is 4. The second-order valence-corrected chi connectivity index (χ2v) is 5.20. The van der Waals surface area contributed by atoms with Crippen molar-refractivity contribution in [2.75, 3.05) is 16.9 Å². The Hall–Kier alpha value is -1.24. The van der Waals surface area contributed by atoms with E-state index < -0.39 is 5.97 Å². The smallest absolute Gasteiger partial charge is 0.337 e. The summed E-state index contributed by atoms with van der Waals surface area (Å²) in [5.41, 5.74) is 0.512. The van der Waals surface area contributed by atoms with Crippen LogP contribution in [-0.4, -0.2) is 34.7 Å². The normalized spacial score (nSPS) is 18.6. The van der Waals surface area contributed by atoms with Crippen LogP contribution in [0.4, 0.5) is 5.69 Å². The quantitative estimate of drug-likeness (QED) is 0.787. The first-order valence-electron chi connectivity index (χ1n) is 5.23. The summed E-state index contributed by atoms with van der Waals surface area (Å²) in [6.45, 7) is 0. The summed E-state index contributed by atoms with van der Waals surface area (Å²) in [5, 5.41) is 14.7. The Bertz CT molecular complexity index is 489. The van der Waals surface area contributed by atoms with Crippen molar-refractivity contribution in [3.63, 3.8) is 0 Å². The van der Waals surface area contributed by atoms with Crippen molar-refractivity contribution in [2.24, 2.45) is 0 Å². The molecule has 96 valence electrons. The number of nitrogens with one attached hydrogen (secondary N) is 2. The van der Waals surface area contributed by atoms with Crippen molar-refractivity contribution in [1.29, 1.82) is 0 Å². The van der Waals surface area contributed by atoms with Crippen molar-refractivity contribution in [3.05, 3.63) is 28.8 Å². The lowest BCUT2D eigenvalue weighted by Crippen LogP contribution is -2.37. The van der Waals surface area contributed by atoms with E-state index in [-0.39, 0.29) is 22.5 Å². The third-order valence-corrected chi connectivity index (χ3v) is 3.75. The van der Waals surface area contributed by atoms with E-state index in [0.717, 1.165) is 11.6 Å². The number of carbonyl (C=O) groups is 2. The molecule has 1 amide bonds. The van der Waals surface area contributed by atoms with E-state index in [4.69, 9.17) is 16.7 Å². The maximum atomic E-state index is 11.8. The third-order valence-electron chi connectivity index (χ3n) is 2.50. The Morgan fingerprint density at radius 2 is 2.28 bits per heavy atom. The zero-order valence-corrected chi connectivity index (χ0v) is 10.8. The first kappa shape index (κ1) is 13.2. The van der Waals surface area contributed by atoms with Crippen LogP contribution in [0.15, 0.2) is 18.2 Å². The predicted octanol–water partition coefficient (Wildman–Crippen LogP) is 1.64. The molecule has 1 atom stereocenters. The lowest BCUT2D eigenvalue weighted by atomic mass is 10.2. The summed E-state index contributed by atoms with van der Waals surface area (Å²) in [6.07, 6.45) is 0. The summed E-state index contributed by atoms with van der Waals surface area (Å²) in [7, 11) is 0. The van der Waals surface area contributed by atoms with Gasteiger partial charge in [-0.2, -0.15) is 0 Å². The van der Waals surface area contributed by atoms with Gasteiger partial charge in [0.25, 0.3) is 0 Å². The van der Waals surface area contributed by atoms with Crippen LogP contribution in [0.1, 0.15) is 10.4 Å². The standard InChI is InChI=1S/C11H11ClN2O3S/c12-8-3-6(1-2-7(8)11(16)17)14-10(15)9-4-18-5-13-9/h1-3,9,13H,4-5H2,(H,14,15)(H,16,17). The second-order valence-electron chi connectivity index (χ2n) is 3.76. The van der Waals surface area contributed by atoms with Crippen molar-refractivity contribution in [3.8, 4) is 0 Å². The average Bonchev–Trinajstić information content (AvgIpc) is 2.81. The molecular formula is C11H11ClN2O3S. The highest BCUT2D eigenvalue weighted by Crippen LogP contribution is 2.21. The van der Waals surface area contributed by atoms with Gasteiger partial charge in [0.1, 0.15) is 0 Å². The minimum atomic E-state index is -1.09. The van der Waals surface area contributed by atoms with Gasteiger partial charge in [0.15, 0.2) is 0 Å². The van der Waals surface area contributed by atoms with Crippen molar-refractivity contribution < 1.29 is 14.7 Å².